The van der Waals surface area contributed by atoms with Crippen LogP contribution < -0.4 is 10.4 Å². The monoisotopic (exact) mass is 542 g/mol. The van der Waals surface area contributed by atoms with E-state index in [9.17, 15) is 14.7 Å². The number of hydroxylamine groups is 1. The van der Waals surface area contributed by atoms with Crippen LogP contribution in [-0.4, -0.2) is 59.0 Å². The van der Waals surface area contributed by atoms with Crippen LogP contribution >= 0.6 is 0 Å². The highest BCUT2D eigenvalue weighted by molar-refractivity contribution is 5.91. The third kappa shape index (κ3) is 6.93. The topological polar surface area (TPSA) is 104 Å². The van der Waals surface area contributed by atoms with Gasteiger partial charge in [0.25, 0.3) is 5.91 Å². The predicted octanol–water partition coefficient (Wildman–Crippen LogP) is 5.02. The highest BCUT2D eigenvalue weighted by Gasteiger charge is 2.36. The smallest absolute Gasteiger partial charge is 0.413 e. The lowest BCUT2D eigenvalue weighted by Crippen LogP contribution is -2.42. The Balaban J connectivity index is 1.24. The van der Waals surface area contributed by atoms with Gasteiger partial charge >= 0.3 is 6.09 Å². The summed E-state index contributed by atoms with van der Waals surface area (Å²) in [6, 6.07) is 23.8. The van der Waals surface area contributed by atoms with Crippen LogP contribution in [-0.2, 0) is 14.4 Å². The molecule has 2 aliphatic rings. The van der Waals surface area contributed by atoms with Gasteiger partial charge in [0.2, 0.25) is 0 Å². The number of carboxylic acid groups (broad SMARTS) is 1. The second-order valence-electron chi connectivity index (χ2n) is 9.98. The van der Waals surface area contributed by atoms with Gasteiger partial charge in [-0.15, -0.1) is 0 Å². The number of nitrogens with zero attached hydrogens (tertiary/aromatic N) is 3. The molecule has 208 valence electrons. The van der Waals surface area contributed by atoms with Gasteiger partial charge < -0.3 is 9.84 Å². The summed E-state index contributed by atoms with van der Waals surface area (Å²) in [7, 11) is 0. The van der Waals surface area contributed by atoms with Crippen LogP contribution in [0, 0.1) is 0 Å². The maximum Gasteiger partial charge on any atom is 0.413 e. The average molecular weight is 543 g/mol. The summed E-state index contributed by atoms with van der Waals surface area (Å²) in [4.78, 5) is 37.9. The number of pyridine rings is 1. The molecule has 40 heavy (non-hydrogen) atoms. The molecule has 0 radical (unpaired) electrons. The first kappa shape index (κ1) is 27.5. The number of amides is 2. The molecule has 0 aliphatic carbocycles. The molecule has 2 saturated heterocycles. The molecular formula is C31H34N4O5. The molecule has 2 atom stereocenters. The van der Waals surface area contributed by atoms with Crippen molar-refractivity contribution in [3.8, 4) is 0 Å². The highest BCUT2D eigenvalue weighted by atomic mass is 16.8. The van der Waals surface area contributed by atoms with Crippen molar-refractivity contribution < 1.29 is 24.3 Å². The molecule has 1 aromatic heterocycles. The normalized spacial score (nSPS) is 19.6. The Bertz CT molecular complexity index is 1240. The molecule has 0 spiro atoms. The minimum absolute atomic E-state index is 0.0309. The number of aromatic nitrogens is 1. The molecular weight excluding hydrogens is 508 g/mol. The van der Waals surface area contributed by atoms with Crippen LogP contribution in [0.2, 0.25) is 0 Å². The van der Waals surface area contributed by atoms with E-state index in [2.05, 4.69) is 39.6 Å². The van der Waals surface area contributed by atoms with Crippen molar-refractivity contribution in [3.05, 3.63) is 102 Å². The van der Waals surface area contributed by atoms with E-state index in [1.807, 2.05) is 36.4 Å². The first-order chi connectivity index (χ1) is 19.6. The SMILES string of the molecule is O=C(/C=C/c1ccc(N(C(=O)O)[C@@H]2CCN(C(c3ccccc3)c3ccccc3)C2)nc1)NOC1CCCCO1. The fraction of sp³-hybridized carbons (Fsp3) is 0.323. The maximum absolute atomic E-state index is 12.4. The van der Waals surface area contributed by atoms with Gasteiger partial charge in [-0.3, -0.25) is 14.6 Å². The van der Waals surface area contributed by atoms with E-state index in [-0.39, 0.29) is 12.1 Å². The molecule has 0 bridgehead atoms. The number of hydrogen-bond acceptors (Lipinski definition) is 6. The largest absolute Gasteiger partial charge is 0.465 e. The number of benzene rings is 2. The fourth-order valence-corrected chi connectivity index (χ4v) is 5.31. The lowest BCUT2D eigenvalue weighted by molar-refractivity contribution is -0.198. The number of hydrogen-bond donors (Lipinski definition) is 2. The summed E-state index contributed by atoms with van der Waals surface area (Å²) >= 11 is 0. The third-order valence-electron chi connectivity index (χ3n) is 7.24. The molecule has 5 rings (SSSR count). The second-order valence-corrected chi connectivity index (χ2v) is 9.98. The summed E-state index contributed by atoms with van der Waals surface area (Å²) < 4.78 is 5.43. The summed E-state index contributed by atoms with van der Waals surface area (Å²) in [5.74, 6) is -0.0578. The molecule has 2 fully saturated rings. The van der Waals surface area contributed by atoms with Gasteiger partial charge in [0.1, 0.15) is 5.82 Å². The lowest BCUT2D eigenvalue weighted by Gasteiger charge is -2.30. The molecule has 2 amide bonds. The molecule has 9 heteroatoms. The minimum atomic E-state index is -1.04. The van der Waals surface area contributed by atoms with Crippen molar-refractivity contribution >= 4 is 23.9 Å². The van der Waals surface area contributed by atoms with Gasteiger partial charge in [-0.1, -0.05) is 60.7 Å². The van der Waals surface area contributed by atoms with Crippen LogP contribution in [0.5, 0.6) is 0 Å². The van der Waals surface area contributed by atoms with Crippen LogP contribution in [0.15, 0.2) is 85.1 Å². The first-order valence-electron chi connectivity index (χ1n) is 13.7. The average Bonchev–Trinajstić information content (AvgIpc) is 3.46. The Labute approximate surface area is 234 Å². The summed E-state index contributed by atoms with van der Waals surface area (Å²) in [5, 5.41) is 10.1. The van der Waals surface area contributed by atoms with Crippen LogP contribution in [0.4, 0.5) is 10.6 Å². The Hall–Kier alpha value is -4.05. The Morgan fingerprint density at radius 1 is 1.02 bits per heavy atom. The Morgan fingerprint density at radius 3 is 2.35 bits per heavy atom. The lowest BCUT2D eigenvalue weighted by atomic mass is 9.97. The zero-order valence-electron chi connectivity index (χ0n) is 22.3. The number of carbonyl (C=O) groups excluding carboxylic acids is 1. The van der Waals surface area contributed by atoms with E-state index < -0.39 is 18.3 Å². The first-order valence-corrected chi connectivity index (χ1v) is 13.7. The van der Waals surface area contributed by atoms with Gasteiger partial charge in [0, 0.05) is 38.4 Å². The van der Waals surface area contributed by atoms with Gasteiger partial charge in [0.15, 0.2) is 6.29 Å². The van der Waals surface area contributed by atoms with E-state index in [1.165, 1.54) is 22.1 Å². The van der Waals surface area contributed by atoms with Crippen molar-refractivity contribution in [2.24, 2.45) is 0 Å². The Kier molecular flexibility index (Phi) is 9.18. The minimum Gasteiger partial charge on any atom is -0.465 e. The summed E-state index contributed by atoms with van der Waals surface area (Å²) in [5.41, 5.74) is 5.39. The van der Waals surface area contributed by atoms with Crippen LogP contribution in [0.25, 0.3) is 6.08 Å². The number of nitrogens with one attached hydrogen (secondary N) is 1. The number of anilines is 1. The number of ether oxygens (including phenoxy) is 1. The molecule has 1 unspecified atom stereocenters. The van der Waals surface area contributed by atoms with Crippen molar-refractivity contribution in [3.63, 3.8) is 0 Å². The molecule has 3 aromatic rings. The highest BCUT2D eigenvalue weighted by Crippen LogP contribution is 2.33. The third-order valence-corrected chi connectivity index (χ3v) is 7.24. The van der Waals surface area contributed by atoms with Gasteiger partial charge in [-0.05, 0) is 54.2 Å². The van der Waals surface area contributed by atoms with E-state index in [0.717, 1.165) is 25.8 Å². The van der Waals surface area contributed by atoms with E-state index in [1.54, 1.807) is 24.4 Å². The van der Waals surface area contributed by atoms with E-state index >= 15 is 0 Å². The van der Waals surface area contributed by atoms with Crippen molar-refractivity contribution in [1.29, 1.82) is 0 Å². The number of carbonyl (C=O) groups is 2. The molecule has 2 aliphatic heterocycles. The van der Waals surface area contributed by atoms with Crippen LogP contribution in [0.1, 0.15) is 48.4 Å². The van der Waals surface area contributed by atoms with Gasteiger partial charge in [-0.25, -0.2) is 20.1 Å². The molecule has 2 N–H and O–H groups in total. The molecule has 9 nitrogen and oxygen atoms in total. The summed E-state index contributed by atoms with van der Waals surface area (Å²) in [6.07, 6.45) is 6.48. The molecule has 3 heterocycles. The molecule has 2 aromatic carbocycles. The maximum atomic E-state index is 12.4. The Morgan fingerprint density at radius 2 is 1.75 bits per heavy atom. The van der Waals surface area contributed by atoms with Crippen molar-refractivity contribution in [2.75, 3.05) is 24.6 Å². The zero-order chi connectivity index (χ0) is 27.7. The van der Waals surface area contributed by atoms with Crippen molar-refractivity contribution in [1.82, 2.24) is 15.4 Å². The van der Waals surface area contributed by atoms with E-state index in [4.69, 9.17) is 9.57 Å². The standard InChI is InChI=1S/C31H34N4O5/c36-28(33-40-29-13-7-8-20-39-29)17-15-23-14-16-27(32-21-23)35(31(37)38)26-18-19-34(22-26)30(24-9-3-1-4-10-24)25-11-5-2-6-12-25/h1-6,9-12,14-17,21,26,29-30H,7-8,13,18-20,22H2,(H,33,36)(H,37,38)/b17-15+/t26-,29?/m1/s1. The second kappa shape index (κ2) is 13.3. The predicted molar refractivity (Wildman–Crippen MR) is 151 cm³/mol. The number of rotatable bonds is 9. The molecule has 0 saturated carbocycles. The summed E-state index contributed by atoms with van der Waals surface area (Å²) in [6.45, 7) is 1.96. The van der Waals surface area contributed by atoms with Crippen LogP contribution in [0.3, 0.4) is 0 Å². The number of likely N-dealkylation sites (tertiary alicyclic amines) is 1. The fourth-order valence-electron chi connectivity index (χ4n) is 5.31. The van der Waals surface area contributed by atoms with Gasteiger partial charge in [-0.2, -0.15) is 0 Å². The zero-order valence-corrected chi connectivity index (χ0v) is 22.3. The quantitative estimate of drug-likeness (QED) is 0.289. The van der Waals surface area contributed by atoms with Crippen molar-refractivity contribution in [2.45, 2.75) is 44.1 Å². The van der Waals surface area contributed by atoms with E-state index in [0.29, 0.717) is 31.0 Å². The van der Waals surface area contributed by atoms with Gasteiger partial charge in [0.05, 0.1) is 12.1 Å².